The van der Waals surface area contributed by atoms with Gasteiger partial charge in [-0.15, -0.1) is 0 Å². The zero-order valence-electron chi connectivity index (χ0n) is 11.6. The normalized spacial score (nSPS) is 19.1. The number of likely N-dealkylation sites (N-methyl/N-ethyl adjacent to an activating group) is 1. The minimum atomic E-state index is -0.766. The highest BCUT2D eigenvalue weighted by atomic mass is 16.4. The molecule has 1 aliphatic heterocycles. The van der Waals surface area contributed by atoms with Crippen LogP contribution in [0.1, 0.15) is 18.6 Å². The first kappa shape index (κ1) is 14.6. The molecule has 1 unspecified atom stereocenters. The molecule has 1 saturated heterocycles. The van der Waals surface area contributed by atoms with Gasteiger partial charge in [-0.2, -0.15) is 0 Å². The summed E-state index contributed by atoms with van der Waals surface area (Å²) in [6.07, 6.45) is 2.62. The number of aliphatic carboxylic acids is 1. The molecule has 0 saturated carbocycles. The van der Waals surface area contributed by atoms with E-state index in [4.69, 9.17) is 9.52 Å². The van der Waals surface area contributed by atoms with E-state index in [1.165, 1.54) is 0 Å². The molecule has 0 radical (unpaired) electrons. The van der Waals surface area contributed by atoms with E-state index in [2.05, 4.69) is 0 Å². The molecule has 1 N–H and O–H groups in total. The molecule has 1 atom stereocenters. The van der Waals surface area contributed by atoms with Gasteiger partial charge in [0.15, 0.2) is 0 Å². The van der Waals surface area contributed by atoms with Crippen molar-refractivity contribution in [2.24, 2.45) is 5.92 Å². The van der Waals surface area contributed by atoms with Gasteiger partial charge < -0.3 is 14.4 Å². The third-order valence-corrected chi connectivity index (χ3v) is 3.59. The second-order valence-corrected chi connectivity index (χ2v) is 5.32. The van der Waals surface area contributed by atoms with Gasteiger partial charge in [-0.1, -0.05) is 0 Å². The Hall–Kier alpha value is -1.82. The molecule has 1 aromatic heterocycles. The van der Waals surface area contributed by atoms with Crippen LogP contribution in [-0.4, -0.2) is 53.5 Å². The Morgan fingerprint density at radius 1 is 1.55 bits per heavy atom. The number of carbonyl (C=O) groups is 2. The molecule has 1 fully saturated rings. The molecule has 0 aliphatic carbocycles. The number of carbonyl (C=O) groups excluding carboxylic acids is 1. The number of amides is 1. The topological polar surface area (TPSA) is 74.0 Å². The van der Waals surface area contributed by atoms with Crippen molar-refractivity contribution in [2.45, 2.75) is 19.4 Å². The highest BCUT2D eigenvalue weighted by molar-refractivity contribution is 5.78. The average Bonchev–Trinajstić information content (AvgIpc) is 3.00. The number of hydrogen-bond donors (Lipinski definition) is 1. The second-order valence-electron chi connectivity index (χ2n) is 5.32. The van der Waals surface area contributed by atoms with Crippen LogP contribution in [0, 0.1) is 5.92 Å². The predicted molar refractivity (Wildman–Crippen MR) is 72.0 cm³/mol. The lowest BCUT2D eigenvalue weighted by Crippen LogP contribution is -2.37. The first-order chi connectivity index (χ1) is 9.54. The maximum atomic E-state index is 12.1. The van der Waals surface area contributed by atoms with E-state index in [1.807, 2.05) is 11.0 Å². The molecule has 0 bridgehead atoms. The van der Waals surface area contributed by atoms with Gasteiger partial charge in [0.1, 0.15) is 5.76 Å². The quantitative estimate of drug-likeness (QED) is 0.842. The molecule has 20 heavy (non-hydrogen) atoms. The van der Waals surface area contributed by atoms with Crippen LogP contribution < -0.4 is 0 Å². The largest absolute Gasteiger partial charge is 0.481 e. The summed E-state index contributed by atoms with van der Waals surface area (Å²) in [5, 5.41) is 8.77. The van der Waals surface area contributed by atoms with Gasteiger partial charge in [0, 0.05) is 20.0 Å². The van der Waals surface area contributed by atoms with Crippen molar-refractivity contribution >= 4 is 11.9 Å². The summed E-state index contributed by atoms with van der Waals surface area (Å²) >= 11 is 0. The number of carboxylic acid groups (broad SMARTS) is 1. The first-order valence-electron chi connectivity index (χ1n) is 6.75. The molecular formula is C14H20N2O4. The summed E-state index contributed by atoms with van der Waals surface area (Å²) in [4.78, 5) is 26.4. The van der Waals surface area contributed by atoms with Gasteiger partial charge in [-0.3, -0.25) is 14.5 Å². The van der Waals surface area contributed by atoms with E-state index >= 15 is 0 Å². The molecule has 6 nitrogen and oxygen atoms in total. The van der Waals surface area contributed by atoms with E-state index in [1.54, 1.807) is 24.3 Å². The molecule has 6 heteroatoms. The third kappa shape index (κ3) is 4.09. The zero-order valence-corrected chi connectivity index (χ0v) is 11.6. The molecule has 1 amide bonds. The van der Waals surface area contributed by atoms with Crippen molar-refractivity contribution < 1.29 is 19.1 Å². The number of rotatable bonds is 6. The lowest BCUT2D eigenvalue weighted by atomic mass is 10.1. The van der Waals surface area contributed by atoms with Gasteiger partial charge in [0.25, 0.3) is 0 Å². The number of nitrogens with zero attached hydrogens (tertiary/aromatic N) is 2. The van der Waals surface area contributed by atoms with Crippen LogP contribution in [0.25, 0.3) is 0 Å². The molecule has 1 aromatic rings. The molecule has 110 valence electrons. The Morgan fingerprint density at radius 2 is 2.35 bits per heavy atom. The monoisotopic (exact) mass is 280 g/mol. The van der Waals surface area contributed by atoms with E-state index in [-0.39, 0.29) is 18.2 Å². The first-order valence-corrected chi connectivity index (χ1v) is 6.75. The minimum Gasteiger partial charge on any atom is -0.481 e. The fraction of sp³-hybridized carbons (Fsp3) is 0.571. The highest BCUT2D eigenvalue weighted by Gasteiger charge is 2.26. The third-order valence-electron chi connectivity index (χ3n) is 3.59. The van der Waals surface area contributed by atoms with Crippen LogP contribution in [-0.2, 0) is 16.1 Å². The van der Waals surface area contributed by atoms with E-state index in [0.29, 0.717) is 19.6 Å². The minimum absolute atomic E-state index is 0.0253. The van der Waals surface area contributed by atoms with Gasteiger partial charge in [0.2, 0.25) is 5.91 Å². The predicted octanol–water partition coefficient (Wildman–Crippen LogP) is 1.03. The van der Waals surface area contributed by atoms with Crippen LogP contribution in [0.5, 0.6) is 0 Å². The average molecular weight is 280 g/mol. The van der Waals surface area contributed by atoms with Gasteiger partial charge in [0.05, 0.1) is 19.4 Å². The Labute approximate surface area is 118 Å². The number of carboxylic acids is 1. The second kappa shape index (κ2) is 6.56. The zero-order chi connectivity index (χ0) is 14.5. The van der Waals surface area contributed by atoms with Crippen molar-refractivity contribution in [3.05, 3.63) is 24.2 Å². The fourth-order valence-corrected chi connectivity index (χ4v) is 2.51. The van der Waals surface area contributed by atoms with Gasteiger partial charge in [-0.05, 0) is 31.0 Å². The van der Waals surface area contributed by atoms with E-state index < -0.39 is 5.97 Å². The Balaban J connectivity index is 1.76. The lowest BCUT2D eigenvalue weighted by Gasteiger charge is -2.20. The number of hydrogen-bond acceptors (Lipinski definition) is 4. The Morgan fingerprint density at radius 3 is 3.00 bits per heavy atom. The summed E-state index contributed by atoms with van der Waals surface area (Å²) in [5.74, 6) is 0.178. The molecule has 1 aliphatic rings. The van der Waals surface area contributed by atoms with Crippen molar-refractivity contribution in [3.8, 4) is 0 Å². The van der Waals surface area contributed by atoms with Crippen molar-refractivity contribution in [1.29, 1.82) is 0 Å². The van der Waals surface area contributed by atoms with Crippen molar-refractivity contribution in [3.63, 3.8) is 0 Å². The van der Waals surface area contributed by atoms with E-state index in [9.17, 15) is 9.59 Å². The standard InChI is InChI=1S/C14H20N2O4/c1-15(9-12-3-2-6-20-12)13(17)10-16-5-4-11(8-16)7-14(18)19/h2-3,6,11H,4-5,7-10H2,1H3,(H,18,19). The SMILES string of the molecule is CN(Cc1ccco1)C(=O)CN1CCC(CC(=O)O)C1. The molecule has 0 aromatic carbocycles. The van der Waals surface area contributed by atoms with Crippen LogP contribution in [0.15, 0.2) is 22.8 Å². The maximum absolute atomic E-state index is 12.1. The summed E-state index contributed by atoms with van der Waals surface area (Å²) in [6, 6.07) is 3.63. The summed E-state index contributed by atoms with van der Waals surface area (Å²) < 4.78 is 5.21. The molecule has 2 rings (SSSR count). The van der Waals surface area contributed by atoms with Crippen molar-refractivity contribution in [1.82, 2.24) is 9.80 Å². The van der Waals surface area contributed by atoms with Crippen LogP contribution in [0.4, 0.5) is 0 Å². The summed E-state index contributed by atoms with van der Waals surface area (Å²) in [5.41, 5.74) is 0. The van der Waals surface area contributed by atoms with Crippen LogP contribution in [0.3, 0.4) is 0 Å². The highest BCUT2D eigenvalue weighted by Crippen LogP contribution is 2.19. The molecule has 2 heterocycles. The maximum Gasteiger partial charge on any atom is 0.303 e. The smallest absolute Gasteiger partial charge is 0.303 e. The fourth-order valence-electron chi connectivity index (χ4n) is 2.51. The number of likely N-dealkylation sites (tertiary alicyclic amines) is 1. The molecular weight excluding hydrogens is 260 g/mol. The lowest BCUT2D eigenvalue weighted by molar-refractivity contribution is -0.138. The summed E-state index contributed by atoms with van der Waals surface area (Å²) in [6.45, 7) is 2.27. The van der Waals surface area contributed by atoms with Gasteiger partial charge >= 0.3 is 5.97 Å². The van der Waals surface area contributed by atoms with Crippen molar-refractivity contribution in [2.75, 3.05) is 26.7 Å². The summed E-state index contributed by atoms with van der Waals surface area (Å²) in [7, 11) is 1.75. The Kier molecular flexibility index (Phi) is 4.79. The van der Waals surface area contributed by atoms with Gasteiger partial charge in [-0.25, -0.2) is 0 Å². The van der Waals surface area contributed by atoms with E-state index in [0.717, 1.165) is 18.7 Å². The molecule has 0 spiro atoms. The van der Waals surface area contributed by atoms with Crippen LogP contribution >= 0.6 is 0 Å². The van der Waals surface area contributed by atoms with Crippen LogP contribution in [0.2, 0.25) is 0 Å². The Bertz CT molecular complexity index is 458. The number of furan rings is 1.